The molecule has 12 nitrogen and oxygen atoms in total. The Morgan fingerprint density at radius 1 is 0.846 bits per heavy atom. The highest BCUT2D eigenvalue weighted by Crippen LogP contribution is 2.52. The van der Waals surface area contributed by atoms with Gasteiger partial charge in [0.1, 0.15) is 12.0 Å². The number of rotatable bonds is 8. The summed E-state index contributed by atoms with van der Waals surface area (Å²) < 4.78 is 10.8. The third-order valence-electron chi connectivity index (χ3n) is 6.06. The first kappa shape index (κ1) is 26.7. The molecule has 3 aromatic carbocycles. The van der Waals surface area contributed by atoms with Crippen molar-refractivity contribution in [3.63, 3.8) is 0 Å². The molecular weight excluding hydrogens is 516 g/mol. The lowest BCUT2D eigenvalue weighted by Crippen LogP contribution is -2.28. The van der Waals surface area contributed by atoms with Gasteiger partial charge in [-0.05, 0) is 53.1 Å². The van der Waals surface area contributed by atoms with Crippen molar-refractivity contribution < 1.29 is 59.6 Å². The van der Waals surface area contributed by atoms with Gasteiger partial charge in [0.05, 0.1) is 0 Å². The number of carbonyl (C=O) groups is 3. The van der Waals surface area contributed by atoms with Crippen LogP contribution >= 0.6 is 0 Å². The molecule has 0 unspecified atom stereocenters. The van der Waals surface area contributed by atoms with Crippen molar-refractivity contribution in [1.82, 2.24) is 0 Å². The lowest BCUT2D eigenvalue weighted by Gasteiger charge is -2.17. The Balaban J connectivity index is 1.59. The zero-order chi connectivity index (χ0) is 28.4. The molecular formula is C27H22O12. The highest BCUT2D eigenvalue weighted by Gasteiger charge is 2.43. The summed E-state index contributed by atoms with van der Waals surface area (Å²) in [5, 5.41) is 68.2. The quantitative estimate of drug-likeness (QED) is 0.125. The molecule has 4 rings (SSSR count). The maximum Gasteiger partial charge on any atom is 0.345 e. The van der Waals surface area contributed by atoms with Gasteiger partial charge in [0, 0.05) is 18.1 Å². The molecule has 1 heterocycles. The van der Waals surface area contributed by atoms with E-state index in [-0.39, 0.29) is 40.2 Å². The number of aromatic hydroxyl groups is 5. The van der Waals surface area contributed by atoms with E-state index >= 15 is 0 Å². The van der Waals surface area contributed by atoms with Crippen molar-refractivity contribution in [3.05, 3.63) is 76.9 Å². The molecule has 0 spiro atoms. The van der Waals surface area contributed by atoms with E-state index in [2.05, 4.69) is 0 Å². The number of carboxylic acid groups (broad SMARTS) is 2. The fourth-order valence-corrected chi connectivity index (χ4v) is 4.20. The number of hydrogen-bond acceptors (Lipinski definition) is 10. The van der Waals surface area contributed by atoms with Crippen molar-refractivity contribution in [3.8, 4) is 34.5 Å². The van der Waals surface area contributed by atoms with Crippen molar-refractivity contribution >= 4 is 24.0 Å². The van der Waals surface area contributed by atoms with Crippen molar-refractivity contribution in [2.45, 2.75) is 24.5 Å². The first-order valence-corrected chi connectivity index (χ1v) is 11.4. The molecule has 0 saturated carbocycles. The third kappa shape index (κ3) is 5.49. The van der Waals surface area contributed by atoms with E-state index in [4.69, 9.17) is 9.47 Å². The molecule has 0 radical (unpaired) electrons. The van der Waals surface area contributed by atoms with E-state index < -0.39 is 59.0 Å². The van der Waals surface area contributed by atoms with Crippen LogP contribution in [-0.4, -0.2) is 59.8 Å². The van der Waals surface area contributed by atoms with Crippen LogP contribution in [0, 0.1) is 0 Å². The number of benzene rings is 3. The second kappa shape index (κ2) is 10.5. The molecule has 12 heteroatoms. The highest BCUT2D eigenvalue weighted by molar-refractivity contribution is 5.91. The molecule has 39 heavy (non-hydrogen) atoms. The van der Waals surface area contributed by atoms with Crippen molar-refractivity contribution in [2.24, 2.45) is 0 Å². The van der Waals surface area contributed by atoms with Gasteiger partial charge >= 0.3 is 17.9 Å². The van der Waals surface area contributed by atoms with Gasteiger partial charge in [0.15, 0.2) is 34.5 Å². The maximum absolute atomic E-state index is 12.5. The number of esters is 1. The Hall–Kier alpha value is -5.39. The second-order valence-corrected chi connectivity index (χ2v) is 8.64. The standard InChI is InChI=1S/C27H22O12/c28-15-5-1-12(9-18(15)31)10-20(26(34)35)38-21(33)8-4-13-2-7-17(30)25-22(13)23(27(36)37)24(39-25)14-3-6-16(29)19(32)11-14/h1-9,11,20,23-24,28-32H,10H2,(H,34,35)(H,36,37)/t20-,23+,24+/m1/s1. The van der Waals surface area contributed by atoms with Crippen LogP contribution in [0.25, 0.3) is 6.08 Å². The zero-order valence-electron chi connectivity index (χ0n) is 19.9. The third-order valence-corrected chi connectivity index (χ3v) is 6.06. The number of phenolic OH excluding ortho intramolecular Hbond substituents is 5. The second-order valence-electron chi connectivity index (χ2n) is 8.64. The van der Waals surface area contributed by atoms with E-state index in [9.17, 15) is 50.1 Å². The minimum absolute atomic E-state index is 0.0264. The smallest absolute Gasteiger partial charge is 0.345 e. The van der Waals surface area contributed by atoms with Gasteiger partial charge in [-0.2, -0.15) is 0 Å². The Kier molecular flexibility index (Phi) is 7.20. The molecule has 3 atom stereocenters. The van der Waals surface area contributed by atoms with E-state index in [1.54, 1.807) is 0 Å². The summed E-state index contributed by atoms with van der Waals surface area (Å²) >= 11 is 0. The van der Waals surface area contributed by atoms with Gasteiger partial charge in [-0.15, -0.1) is 0 Å². The van der Waals surface area contributed by atoms with E-state index in [1.165, 1.54) is 30.3 Å². The fraction of sp³-hybridized carbons (Fsp3) is 0.148. The minimum Gasteiger partial charge on any atom is -0.504 e. The molecule has 7 N–H and O–H groups in total. The Morgan fingerprint density at radius 2 is 1.49 bits per heavy atom. The SMILES string of the molecule is O=C(C=Cc1ccc(O)c2c1[C@H](C(=O)O)[C@H](c1ccc(O)c(O)c1)O2)O[C@H](Cc1ccc(O)c(O)c1)C(=O)O. The average molecular weight is 538 g/mol. The topological polar surface area (TPSA) is 211 Å². The predicted molar refractivity (Wildman–Crippen MR) is 132 cm³/mol. The van der Waals surface area contributed by atoms with Crippen LogP contribution in [0.1, 0.15) is 34.3 Å². The summed E-state index contributed by atoms with van der Waals surface area (Å²) in [5.74, 6) is -7.59. The number of hydrogen-bond donors (Lipinski definition) is 7. The number of phenols is 5. The first-order valence-electron chi connectivity index (χ1n) is 11.4. The van der Waals surface area contributed by atoms with Crippen LogP contribution in [0.2, 0.25) is 0 Å². The van der Waals surface area contributed by atoms with E-state index in [0.29, 0.717) is 0 Å². The molecule has 0 bridgehead atoms. The lowest BCUT2D eigenvalue weighted by atomic mass is 9.88. The Morgan fingerprint density at radius 3 is 2.10 bits per heavy atom. The predicted octanol–water partition coefficient (Wildman–Crippen LogP) is 2.77. The van der Waals surface area contributed by atoms with Crippen LogP contribution in [0.5, 0.6) is 34.5 Å². The number of carbonyl (C=O) groups excluding carboxylic acids is 1. The normalized spacial score (nSPS) is 16.8. The molecule has 0 aliphatic carbocycles. The van der Waals surface area contributed by atoms with Crippen LogP contribution in [0.15, 0.2) is 54.6 Å². The molecule has 0 amide bonds. The Bertz CT molecular complexity index is 1490. The zero-order valence-corrected chi connectivity index (χ0v) is 19.9. The number of ether oxygens (including phenoxy) is 2. The van der Waals surface area contributed by atoms with Gasteiger partial charge in [0.2, 0.25) is 6.10 Å². The van der Waals surface area contributed by atoms with E-state index in [1.807, 2.05) is 0 Å². The minimum atomic E-state index is -1.64. The van der Waals surface area contributed by atoms with Gasteiger partial charge in [-0.1, -0.05) is 18.2 Å². The van der Waals surface area contributed by atoms with Gasteiger partial charge in [-0.3, -0.25) is 4.79 Å². The number of fused-ring (bicyclic) bond motifs is 1. The summed E-state index contributed by atoms with van der Waals surface area (Å²) in [6.45, 7) is 0. The van der Waals surface area contributed by atoms with Gasteiger partial charge in [-0.25, -0.2) is 9.59 Å². The molecule has 1 aliphatic rings. The molecule has 0 fully saturated rings. The largest absolute Gasteiger partial charge is 0.504 e. The van der Waals surface area contributed by atoms with Crippen molar-refractivity contribution in [1.29, 1.82) is 0 Å². The highest BCUT2D eigenvalue weighted by atomic mass is 16.6. The summed E-state index contributed by atoms with van der Waals surface area (Å²) in [7, 11) is 0. The summed E-state index contributed by atoms with van der Waals surface area (Å²) in [6, 6.07) is 9.83. The number of aliphatic carboxylic acids is 2. The van der Waals surface area contributed by atoms with Crippen LogP contribution in [-0.2, 0) is 25.5 Å². The van der Waals surface area contributed by atoms with Crippen LogP contribution in [0.4, 0.5) is 0 Å². The summed E-state index contributed by atoms with van der Waals surface area (Å²) in [6.07, 6.45) is -1.09. The first-order chi connectivity index (χ1) is 18.5. The van der Waals surface area contributed by atoms with Crippen LogP contribution < -0.4 is 4.74 Å². The molecule has 0 aromatic heterocycles. The van der Waals surface area contributed by atoms with Gasteiger partial charge in [0.25, 0.3) is 0 Å². The molecule has 0 saturated heterocycles. The van der Waals surface area contributed by atoms with E-state index in [0.717, 1.165) is 30.3 Å². The Labute approximate surface area is 219 Å². The fourth-order valence-electron chi connectivity index (χ4n) is 4.20. The maximum atomic E-state index is 12.5. The lowest BCUT2D eigenvalue weighted by molar-refractivity contribution is -0.160. The molecule has 3 aromatic rings. The summed E-state index contributed by atoms with van der Waals surface area (Å²) in [5.41, 5.74) is 0.664. The van der Waals surface area contributed by atoms with Crippen LogP contribution in [0.3, 0.4) is 0 Å². The van der Waals surface area contributed by atoms with Gasteiger partial charge < -0.3 is 45.2 Å². The average Bonchev–Trinajstić information content (AvgIpc) is 3.29. The van der Waals surface area contributed by atoms with Crippen molar-refractivity contribution in [2.75, 3.05) is 0 Å². The number of carboxylic acids is 2. The summed E-state index contributed by atoms with van der Waals surface area (Å²) in [4.78, 5) is 36.4. The molecule has 1 aliphatic heterocycles. The molecule has 202 valence electrons. The monoisotopic (exact) mass is 538 g/mol.